The normalized spacial score (nSPS) is 11.9. The number of carbonyl (C=O) groups excluding carboxylic acids is 3. The Morgan fingerprint density at radius 3 is 2.51 bits per heavy atom. The van der Waals surface area contributed by atoms with Crippen molar-refractivity contribution in [1.29, 1.82) is 0 Å². The Bertz CT molecular complexity index is 1840. The van der Waals surface area contributed by atoms with Crippen molar-refractivity contribution in [3.05, 3.63) is 124 Å². The van der Waals surface area contributed by atoms with Gasteiger partial charge in [0.15, 0.2) is 5.13 Å². The van der Waals surface area contributed by atoms with E-state index in [1.54, 1.807) is 72.8 Å². The molecular formula is C33H26Cl2N4O4S2. The molecule has 12 heteroatoms. The smallest absolute Gasteiger partial charge is 0.272 e. The van der Waals surface area contributed by atoms with Crippen LogP contribution >= 0.6 is 46.3 Å². The molecule has 3 aromatic carbocycles. The van der Waals surface area contributed by atoms with Crippen LogP contribution in [0, 0.1) is 0 Å². The van der Waals surface area contributed by atoms with Crippen molar-refractivity contribution in [2.24, 2.45) is 0 Å². The van der Waals surface area contributed by atoms with Gasteiger partial charge in [-0.25, -0.2) is 4.98 Å². The van der Waals surface area contributed by atoms with Gasteiger partial charge in [0.25, 0.3) is 11.8 Å². The molecule has 0 aliphatic rings. The second kappa shape index (κ2) is 15.1. The second-order valence-electron chi connectivity index (χ2n) is 9.55. The van der Waals surface area contributed by atoms with Gasteiger partial charge in [0, 0.05) is 33.2 Å². The zero-order chi connectivity index (χ0) is 31.8. The molecule has 3 N–H and O–H groups in total. The van der Waals surface area contributed by atoms with Gasteiger partial charge in [0.1, 0.15) is 11.5 Å². The summed E-state index contributed by atoms with van der Waals surface area (Å²) in [5.74, 6) is -0.767. The van der Waals surface area contributed by atoms with Crippen molar-refractivity contribution in [3.63, 3.8) is 0 Å². The maximum atomic E-state index is 13.3. The van der Waals surface area contributed by atoms with Crippen molar-refractivity contribution in [2.75, 3.05) is 10.6 Å². The zero-order valence-electron chi connectivity index (χ0n) is 23.8. The van der Waals surface area contributed by atoms with Crippen LogP contribution in [0.1, 0.15) is 29.5 Å². The molecule has 0 aliphatic heterocycles. The van der Waals surface area contributed by atoms with Crippen LogP contribution in [0.3, 0.4) is 0 Å². The van der Waals surface area contributed by atoms with Crippen LogP contribution in [0.5, 0.6) is 0 Å². The van der Waals surface area contributed by atoms with Gasteiger partial charge >= 0.3 is 0 Å². The number of thiazole rings is 1. The number of hydrogen-bond acceptors (Lipinski definition) is 7. The average molecular weight is 678 g/mol. The van der Waals surface area contributed by atoms with E-state index in [-0.39, 0.29) is 11.6 Å². The highest BCUT2D eigenvalue weighted by Gasteiger charge is 2.21. The summed E-state index contributed by atoms with van der Waals surface area (Å²) in [5.41, 5.74) is 2.38. The molecule has 0 fully saturated rings. The Morgan fingerprint density at radius 1 is 0.956 bits per heavy atom. The molecule has 45 heavy (non-hydrogen) atoms. The van der Waals surface area contributed by atoms with E-state index in [1.165, 1.54) is 35.4 Å². The lowest BCUT2D eigenvalue weighted by molar-refractivity contribution is -0.116. The number of anilines is 2. The number of thioether (sulfide) groups is 1. The number of halogens is 2. The number of nitrogens with zero attached hydrogens (tertiary/aromatic N) is 1. The standard InChI is InChI=1S/C33H26Cl2N4O4S2/c1-2-29(32(42)39-33-38-28(19-44-33)21-13-14-25(34)26(35)16-21)45-24-12-6-10-22(17-24)36-31(41)27(18-23-11-7-15-43-23)37-30(40)20-8-4-3-5-9-20/h3-19,29H,2H2,1H3,(H,36,41)(H,37,40)(H,38,39,42)/b27-18-. The summed E-state index contributed by atoms with van der Waals surface area (Å²) in [6.07, 6.45) is 3.49. The Morgan fingerprint density at radius 2 is 1.78 bits per heavy atom. The molecule has 3 amide bonds. The number of rotatable bonds is 11. The van der Waals surface area contributed by atoms with E-state index in [9.17, 15) is 14.4 Å². The highest BCUT2D eigenvalue weighted by Crippen LogP contribution is 2.32. The van der Waals surface area contributed by atoms with E-state index in [0.717, 1.165) is 10.5 Å². The fraction of sp³-hybridized carbons (Fsp3) is 0.0909. The van der Waals surface area contributed by atoms with E-state index in [1.807, 2.05) is 24.4 Å². The second-order valence-corrected chi connectivity index (χ2v) is 12.5. The number of furan rings is 1. The van der Waals surface area contributed by atoms with Crippen molar-refractivity contribution in [3.8, 4) is 11.3 Å². The lowest BCUT2D eigenvalue weighted by Crippen LogP contribution is -2.30. The minimum absolute atomic E-state index is 0.00589. The highest BCUT2D eigenvalue weighted by molar-refractivity contribution is 8.00. The van der Waals surface area contributed by atoms with Gasteiger partial charge in [-0.05, 0) is 61.0 Å². The topological polar surface area (TPSA) is 113 Å². The number of nitrogens with one attached hydrogen (secondary N) is 3. The molecule has 8 nitrogen and oxygen atoms in total. The van der Waals surface area contributed by atoms with Gasteiger partial charge < -0.3 is 20.4 Å². The van der Waals surface area contributed by atoms with Crippen LogP contribution in [0.15, 0.2) is 112 Å². The molecule has 2 heterocycles. The summed E-state index contributed by atoms with van der Waals surface area (Å²) in [7, 11) is 0. The van der Waals surface area contributed by atoms with Crippen LogP contribution in [0.4, 0.5) is 10.8 Å². The quantitative estimate of drug-likeness (QED) is 0.0953. The van der Waals surface area contributed by atoms with Crippen LogP contribution in [0.25, 0.3) is 17.3 Å². The minimum Gasteiger partial charge on any atom is -0.465 e. The fourth-order valence-electron chi connectivity index (χ4n) is 4.10. The molecule has 2 aromatic heterocycles. The minimum atomic E-state index is -0.538. The summed E-state index contributed by atoms with van der Waals surface area (Å²) in [5, 5.41) is 11.2. The predicted molar refractivity (Wildman–Crippen MR) is 182 cm³/mol. The van der Waals surface area contributed by atoms with Gasteiger partial charge in [0.05, 0.1) is 27.3 Å². The largest absolute Gasteiger partial charge is 0.465 e. The molecule has 0 bridgehead atoms. The van der Waals surface area contributed by atoms with Crippen LogP contribution in [0.2, 0.25) is 10.0 Å². The molecule has 1 atom stereocenters. The summed E-state index contributed by atoms with van der Waals surface area (Å²) in [6.45, 7) is 1.92. The predicted octanol–water partition coefficient (Wildman–Crippen LogP) is 8.63. The van der Waals surface area contributed by atoms with Crippen LogP contribution < -0.4 is 16.0 Å². The summed E-state index contributed by atoms with van der Waals surface area (Å²) in [6, 6.07) is 24.3. The molecular weight excluding hydrogens is 651 g/mol. The first kappa shape index (κ1) is 32.1. The summed E-state index contributed by atoms with van der Waals surface area (Å²) >= 11 is 14.8. The number of carbonyl (C=O) groups is 3. The maximum Gasteiger partial charge on any atom is 0.272 e. The van der Waals surface area contributed by atoms with Gasteiger partial charge in [-0.2, -0.15) is 0 Å². The van der Waals surface area contributed by atoms with Gasteiger partial charge in [-0.3, -0.25) is 14.4 Å². The first-order valence-electron chi connectivity index (χ1n) is 13.7. The summed E-state index contributed by atoms with van der Waals surface area (Å²) < 4.78 is 5.36. The Balaban J connectivity index is 1.25. The molecule has 1 unspecified atom stereocenters. The number of benzene rings is 3. The Labute approximate surface area is 277 Å². The Hall–Kier alpha value is -4.35. The van der Waals surface area contributed by atoms with Crippen molar-refractivity contribution < 1.29 is 18.8 Å². The first-order valence-corrected chi connectivity index (χ1v) is 16.2. The number of amides is 3. The van der Waals surface area contributed by atoms with E-state index in [4.69, 9.17) is 27.6 Å². The molecule has 228 valence electrons. The van der Waals surface area contributed by atoms with E-state index < -0.39 is 17.1 Å². The lowest BCUT2D eigenvalue weighted by atomic mass is 10.2. The monoisotopic (exact) mass is 676 g/mol. The number of aromatic nitrogens is 1. The molecule has 0 radical (unpaired) electrons. The SMILES string of the molecule is CCC(Sc1cccc(NC(=O)/C(=C/c2ccco2)NC(=O)c2ccccc2)c1)C(=O)Nc1nc(-c2ccc(Cl)c(Cl)c2)cs1. The van der Waals surface area contributed by atoms with Crippen LogP contribution in [-0.4, -0.2) is 28.0 Å². The van der Waals surface area contributed by atoms with Crippen LogP contribution in [-0.2, 0) is 9.59 Å². The third-order valence-electron chi connectivity index (χ3n) is 6.34. The van der Waals surface area contributed by atoms with Gasteiger partial charge in [0.2, 0.25) is 5.91 Å². The third kappa shape index (κ3) is 8.64. The molecule has 5 rings (SSSR count). The fourth-order valence-corrected chi connectivity index (χ4v) is 6.13. The van der Waals surface area contributed by atoms with Gasteiger partial charge in [-0.15, -0.1) is 23.1 Å². The van der Waals surface area contributed by atoms with E-state index in [0.29, 0.717) is 44.3 Å². The molecule has 5 aromatic rings. The average Bonchev–Trinajstić information content (AvgIpc) is 3.74. The summed E-state index contributed by atoms with van der Waals surface area (Å²) in [4.78, 5) is 44.6. The van der Waals surface area contributed by atoms with E-state index in [2.05, 4.69) is 20.9 Å². The number of hydrogen-bond donors (Lipinski definition) is 3. The molecule has 0 spiro atoms. The van der Waals surface area contributed by atoms with Crippen molar-refractivity contribution >= 4 is 80.9 Å². The maximum absolute atomic E-state index is 13.3. The first-order chi connectivity index (χ1) is 21.8. The van der Waals surface area contributed by atoms with E-state index >= 15 is 0 Å². The highest BCUT2D eigenvalue weighted by atomic mass is 35.5. The third-order valence-corrected chi connectivity index (χ3v) is 9.20. The van der Waals surface area contributed by atoms with Crippen molar-refractivity contribution in [2.45, 2.75) is 23.5 Å². The van der Waals surface area contributed by atoms with Crippen molar-refractivity contribution in [1.82, 2.24) is 10.3 Å². The molecule has 0 aliphatic carbocycles. The van der Waals surface area contributed by atoms with Gasteiger partial charge in [-0.1, -0.05) is 60.5 Å². The lowest BCUT2D eigenvalue weighted by Gasteiger charge is -2.15. The Kier molecular flexibility index (Phi) is 10.7. The zero-order valence-corrected chi connectivity index (χ0v) is 26.9. The molecule has 0 saturated carbocycles. The molecule has 0 saturated heterocycles.